The van der Waals surface area contributed by atoms with Crippen LogP contribution in [-0.4, -0.2) is 47.3 Å². The second kappa shape index (κ2) is 16.8. The van der Waals surface area contributed by atoms with Gasteiger partial charge in [-0.3, -0.25) is 9.59 Å². The van der Waals surface area contributed by atoms with Crippen LogP contribution in [0.15, 0.2) is 59.9 Å². The highest BCUT2D eigenvalue weighted by Gasteiger charge is 2.33. The number of alkyl halides is 3. The standard InChI is InChI=1S/C25H23Cl2F3N2O4.2C2H6/c1-15(4-5-17-8-11-20(26)21(27)13-17)31-23(34)19-14-32(24(35)22(19)33)12-2-3-16-6-9-18(10-7-16)36-25(28,29)30;2*1-2/h2-3,6-11,13,15,33H,4-5,12,14H2,1H3,(H,31,34);2*1-2H3/b3-2+;;. The topological polar surface area (TPSA) is 78.9 Å². The van der Waals surface area contributed by atoms with Gasteiger partial charge in [0, 0.05) is 12.6 Å². The average molecular weight is 604 g/mol. The maximum absolute atomic E-state index is 12.6. The first-order valence-corrected chi connectivity index (χ1v) is 13.7. The van der Waals surface area contributed by atoms with Crippen molar-refractivity contribution in [1.82, 2.24) is 10.2 Å². The van der Waals surface area contributed by atoms with E-state index in [4.69, 9.17) is 23.2 Å². The fourth-order valence-corrected chi connectivity index (χ4v) is 3.82. The molecule has 0 aromatic heterocycles. The Morgan fingerprint density at radius 2 is 1.73 bits per heavy atom. The summed E-state index contributed by atoms with van der Waals surface area (Å²) in [6, 6.07) is 10.3. The summed E-state index contributed by atoms with van der Waals surface area (Å²) in [5.74, 6) is -2.16. The smallest absolute Gasteiger partial charge is 0.503 e. The Hall–Kier alpha value is -3.17. The number of hydrogen-bond donors (Lipinski definition) is 2. The van der Waals surface area contributed by atoms with Crippen LogP contribution in [0.25, 0.3) is 6.08 Å². The van der Waals surface area contributed by atoms with Crippen molar-refractivity contribution in [2.45, 2.75) is 59.9 Å². The number of carbonyl (C=O) groups excluding carboxylic acids is 2. The number of aryl methyl sites for hydroxylation is 1. The Kier molecular flexibility index (Phi) is 14.7. The zero-order valence-electron chi connectivity index (χ0n) is 23.1. The maximum Gasteiger partial charge on any atom is 0.573 e. The lowest BCUT2D eigenvalue weighted by molar-refractivity contribution is -0.274. The van der Waals surface area contributed by atoms with Crippen LogP contribution in [0.4, 0.5) is 13.2 Å². The molecule has 1 atom stereocenters. The molecule has 2 N–H and O–H groups in total. The van der Waals surface area contributed by atoms with Crippen molar-refractivity contribution in [3.63, 3.8) is 0 Å². The summed E-state index contributed by atoms with van der Waals surface area (Å²) in [6.07, 6.45) is -0.320. The highest BCUT2D eigenvalue weighted by Crippen LogP contribution is 2.24. The van der Waals surface area contributed by atoms with Crippen LogP contribution < -0.4 is 10.1 Å². The van der Waals surface area contributed by atoms with Gasteiger partial charge >= 0.3 is 6.36 Å². The average Bonchev–Trinajstić information content (AvgIpc) is 3.20. The van der Waals surface area contributed by atoms with Crippen molar-refractivity contribution in [2.24, 2.45) is 0 Å². The molecule has 1 aliphatic rings. The summed E-state index contributed by atoms with van der Waals surface area (Å²) >= 11 is 11.9. The predicted molar refractivity (Wildman–Crippen MR) is 153 cm³/mol. The normalized spacial score (nSPS) is 13.8. The molecule has 0 aliphatic carbocycles. The van der Waals surface area contributed by atoms with Gasteiger partial charge in [-0.1, -0.05) is 81.2 Å². The quantitative estimate of drug-likeness (QED) is 0.307. The monoisotopic (exact) mass is 602 g/mol. The molecule has 0 spiro atoms. The molecule has 2 aromatic rings. The number of aliphatic hydroxyl groups excluding tert-OH is 1. The Morgan fingerprint density at radius 1 is 1.10 bits per heavy atom. The van der Waals surface area contributed by atoms with Gasteiger partial charge in [-0.25, -0.2) is 0 Å². The number of nitrogens with one attached hydrogen (secondary N) is 1. The molecular weight excluding hydrogens is 568 g/mol. The van der Waals surface area contributed by atoms with E-state index in [1.54, 1.807) is 24.3 Å². The summed E-state index contributed by atoms with van der Waals surface area (Å²) < 4.78 is 40.5. The van der Waals surface area contributed by atoms with Crippen LogP contribution in [0.3, 0.4) is 0 Å². The minimum Gasteiger partial charge on any atom is -0.503 e. The van der Waals surface area contributed by atoms with Gasteiger partial charge in [0.1, 0.15) is 5.75 Å². The molecule has 1 unspecified atom stereocenters. The summed E-state index contributed by atoms with van der Waals surface area (Å²) in [7, 11) is 0. The summed E-state index contributed by atoms with van der Waals surface area (Å²) in [6.45, 7) is 9.83. The van der Waals surface area contributed by atoms with E-state index in [1.165, 1.54) is 29.2 Å². The molecular formula is C29H35Cl2F3N2O4. The first kappa shape index (κ1) is 34.9. The van der Waals surface area contributed by atoms with Crippen LogP contribution in [0.2, 0.25) is 10.0 Å². The number of carbonyl (C=O) groups is 2. The van der Waals surface area contributed by atoms with Crippen molar-refractivity contribution in [3.05, 3.63) is 81.0 Å². The summed E-state index contributed by atoms with van der Waals surface area (Å²) in [4.78, 5) is 26.3. The largest absolute Gasteiger partial charge is 0.573 e. The van der Waals surface area contributed by atoms with Crippen LogP contribution >= 0.6 is 23.2 Å². The SMILES string of the molecule is CC.CC.CC(CCc1ccc(Cl)c(Cl)c1)NC(=O)C1=C(O)C(=O)N(C/C=C/c2ccc(OC(F)(F)F)cc2)C1. The number of hydrogen-bond acceptors (Lipinski definition) is 4. The number of amides is 2. The van der Waals surface area contributed by atoms with Gasteiger partial charge < -0.3 is 20.1 Å². The van der Waals surface area contributed by atoms with Crippen molar-refractivity contribution in [2.75, 3.05) is 13.1 Å². The molecule has 1 heterocycles. The van der Waals surface area contributed by atoms with E-state index >= 15 is 0 Å². The zero-order valence-corrected chi connectivity index (χ0v) is 24.6. The van der Waals surface area contributed by atoms with Crippen molar-refractivity contribution >= 4 is 41.1 Å². The van der Waals surface area contributed by atoms with Crippen molar-refractivity contribution in [1.29, 1.82) is 0 Å². The fourth-order valence-electron chi connectivity index (χ4n) is 3.50. The molecule has 0 radical (unpaired) electrons. The van der Waals surface area contributed by atoms with E-state index in [-0.39, 0.29) is 30.5 Å². The molecule has 3 rings (SSSR count). The van der Waals surface area contributed by atoms with Gasteiger partial charge in [0.15, 0.2) is 5.76 Å². The predicted octanol–water partition coefficient (Wildman–Crippen LogP) is 7.75. The molecule has 2 amide bonds. The van der Waals surface area contributed by atoms with Crippen LogP contribution in [0, 0.1) is 0 Å². The van der Waals surface area contributed by atoms with E-state index in [0.717, 1.165) is 5.56 Å². The molecule has 0 bridgehead atoms. The molecule has 220 valence electrons. The number of ether oxygens (including phenoxy) is 1. The number of aliphatic hydroxyl groups is 1. The fraction of sp³-hybridized carbons (Fsp3) is 0.379. The van der Waals surface area contributed by atoms with Gasteiger partial charge in [0.2, 0.25) is 0 Å². The number of halogens is 5. The molecule has 0 fully saturated rings. The number of benzene rings is 2. The molecule has 40 heavy (non-hydrogen) atoms. The first-order valence-electron chi connectivity index (χ1n) is 12.9. The zero-order chi connectivity index (χ0) is 30.5. The third-order valence-electron chi connectivity index (χ3n) is 5.38. The van der Waals surface area contributed by atoms with Crippen LogP contribution in [-0.2, 0) is 16.0 Å². The maximum atomic E-state index is 12.6. The third-order valence-corrected chi connectivity index (χ3v) is 6.12. The number of nitrogens with zero attached hydrogens (tertiary/aromatic N) is 1. The minimum atomic E-state index is -4.77. The number of rotatable bonds is 9. The highest BCUT2D eigenvalue weighted by molar-refractivity contribution is 6.42. The van der Waals surface area contributed by atoms with Gasteiger partial charge in [-0.05, 0) is 55.2 Å². The molecule has 0 saturated carbocycles. The lowest BCUT2D eigenvalue weighted by Gasteiger charge is -2.16. The van der Waals surface area contributed by atoms with Crippen molar-refractivity contribution < 1.29 is 32.6 Å². The molecule has 1 aliphatic heterocycles. The summed E-state index contributed by atoms with van der Waals surface area (Å²) in [5, 5.41) is 13.9. The van der Waals surface area contributed by atoms with Gasteiger partial charge in [0.05, 0.1) is 22.2 Å². The Balaban J connectivity index is 0.00000191. The van der Waals surface area contributed by atoms with E-state index in [9.17, 15) is 27.9 Å². The first-order chi connectivity index (χ1) is 18.9. The second-order valence-electron chi connectivity index (χ2n) is 8.19. The van der Waals surface area contributed by atoms with Gasteiger partial charge in [-0.15, -0.1) is 13.2 Å². The van der Waals surface area contributed by atoms with E-state index in [0.29, 0.717) is 28.5 Å². The molecule has 6 nitrogen and oxygen atoms in total. The van der Waals surface area contributed by atoms with Crippen LogP contribution in [0.1, 0.15) is 52.2 Å². The molecule has 0 saturated heterocycles. The van der Waals surface area contributed by atoms with Crippen molar-refractivity contribution in [3.8, 4) is 5.75 Å². The van der Waals surface area contributed by atoms with Gasteiger partial charge in [0.25, 0.3) is 11.8 Å². The lowest BCUT2D eigenvalue weighted by Crippen LogP contribution is -2.35. The van der Waals surface area contributed by atoms with E-state index < -0.39 is 23.9 Å². The van der Waals surface area contributed by atoms with E-state index in [1.807, 2.05) is 40.7 Å². The van der Waals surface area contributed by atoms with Crippen LogP contribution in [0.5, 0.6) is 5.75 Å². The Labute approximate surface area is 243 Å². The minimum absolute atomic E-state index is 0.0246. The highest BCUT2D eigenvalue weighted by atomic mass is 35.5. The van der Waals surface area contributed by atoms with Gasteiger partial charge in [-0.2, -0.15) is 0 Å². The second-order valence-corrected chi connectivity index (χ2v) is 9.01. The lowest BCUT2D eigenvalue weighted by atomic mass is 10.1. The van der Waals surface area contributed by atoms with E-state index in [2.05, 4.69) is 10.1 Å². The molecule has 11 heteroatoms. The summed E-state index contributed by atoms with van der Waals surface area (Å²) in [5.41, 5.74) is 1.52. The third kappa shape index (κ3) is 11.1. The Morgan fingerprint density at radius 3 is 2.30 bits per heavy atom. The molecule has 2 aromatic carbocycles. The Bertz CT molecular complexity index is 1180.